The Morgan fingerprint density at radius 1 is 1.27 bits per heavy atom. The van der Waals surface area contributed by atoms with Gasteiger partial charge in [-0.1, -0.05) is 39.8 Å². The summed E-state index contributed by atoms with van der Waals surface area (Å²) in [6.07, 6.45) is 0.781. The predicted octanol–water partition coefficient (Wildman–Crippen LogP) is 4.33. The Balaban J connectivity index is 1.38. The lowest BCUT2D eigenvalue weighted by Gasteiger charge is -2.19. The van der Waals surface area contributed by atoms with Gasteiger partial charge in [0, 0.05) is 31.3 Å². The van der Waals surface area contributed by atoms with Crippen LogP contribution in [0.3, 0.4) is 0 Å². The minimum atomic E-state index is -3.44. The van der Waals surface area contributed by atoms with Crippen molar-refractivity contribution in [2.75, 3.05) is 20.2 Å². The Morgan fingerprint density at radius 3 is 2.77 bits per heavy atom. The lowest BCUT2D eigenvalue weighted by Crippen LogP contribution is -2.40. The molecule has 0 amide bonds. The molecule has 30 heavy (non-hydrogen) atoms. The van der Waals surface area contributed by atoms with E-state index in [9.17, 15) is 13.2 Å². The van der Waals surface area contributed by atoms with Crippen LogP contribution < -0.4 is 9.46 Å². The molecule has 0 bridgehead atoms. The molecule has 0 saturated carbocycles. The second-order valence-corrected chi connectivity index (χ2v) is 10.2. The summed E-state index contributed by atoms with van der Waals surface area (Å²) in [7, 11) is -1.87. The molecule has 5 nitrogen and oxygen atoms in total. The van der Waals surface area contributed by atoms with Crippen molar-refractivity contribution in [3.63, 3.8) is 0 Å². The van der Waals surface area contributed by atoms with E-state index in [1.807, 2.05) is 24.3 Å². The fourth-order valence-corrected chi connectivity index (χ4v) is 5.99. The molecule has 1 saturated heterocycles. The fraction of sp³-hybridized carbons (Fsp3) is 0.273. The van der Waals surface area contributed by atoms with Gasteiger partial charge in [0.25, 0.3) is 0 Å². The van der Waals surface area contributed by atoms with Gasteiger partial charge in [-0.3, -0.25) is 4.90 Å². The number of hydrogen-bond acceptors (Lipinski definition) is 5. The largest absolute Gasteiger partial charge is 0.592 e. The Morgan fingerprint density at radius 2 is 2.07 bits per heavy atom. The van der Waals surface area contributed by atoms with Crippen LogP contribution in [0.25, 0.3) is 11.1 Å². The van der Waals surface area contributed by atoms with E-state index in [0.29, 0.717) is 22.1 Å². The van der Waals surface area contributed by atoms with Crippen molar-refractivity contribution >= 4 is 21.7 Å². The molecule has 1 aromatic heterocycles. The zero-order valence-electron chi connectivity index (χ0n) is 16.5. The molecule has 2 atom stereocenters. The molecule has 8 heteroatoms. The first-order valence-electron chi connectivity index (χ1n) is 9.65. The minimum absolute atomic E-state index is 0.0899. The van der Waals surface area contributed by atoms with Crippen LogP contribution in [0.2, 0.25) is 0 Å². The minimum Gasteiger partial charge on any atom is -0.592 e. The van der Waals surface area contributed by atoms with Gasteiger partial charge in [-0.25, -0.2) is 4.39 Å². The molecule has 1 aliphatic heterocycles. The number of likely N-dealkylation sites (tertiary alicyclic amines) is 1. The Bertz CT molecular complexity index is 1040. The standard InChI is InChI=1S/C22H23FN2O3S2/c1-28-21-9-8-18(23)13-20(21)17-6-4-16(5-7-17)14-25-11-10-19(15-25)24-30(26,27)22-3-2-12-29-22/h2-9,12-13,19H,10-11,14-15H2,1H3,(H-,24,26,27). The highest BCUT2D eigenvalue weighted by atomic mass is 32.3. The molecule has 0 radical (unpaired) electrons. The van der Waals surface area contributed by atoms with Crippen molar-refractivity contribution in [2.24, 2.45) is 0 Å². The van der Waals surface area contributed by atoms with Gasteiger partial charge >= 0.3 is 0 Å². The van der Waals surface area contributed by atoms with Crippen LogP contribution in [0.4, 0.5) is 4.39 Å². The zero-order chi connectivity index (χ0) is 21.1. The number of nitrogens with one attached hydrogen (secondary N) is 1. The van der Waals surface area contributed by atoms with Gasteiger partial charge in [0.15, 0.2) is 10.4 Å². The molecule has 3 aromatic rings. The molecule has 1 aliphatic rings. The van der Waals surface area contributed by atoms with Crippen LogP contribution in [0, 0.1) is 5.82 Å². The third kappa shape index (κ3) is 4.79. The normalized spacial score (nSPS) is 19.0. The maximum atomic E-state index is 13.7. The lowest BCUT2D eigenvalue weighted by atomic mass is 10.0. The third-order valence-corrected chi connectivity index (χ3v) is 8.10. The summed E-state index contributed by atoms with van der Waals surface area (Å²) in [5.41, 5.74) is 2.72. The highest BCUT2D eigenvalue weighted by Gasteiger charge is 2.31. The topological polar surface area (TPSA) is 64.6 Å². The van der Waals surface area contributed by atoms with Gasteiger partial charge in [0.1, 0.15) is 11.6 Å². The lowest BCUT2D eigenvalue weighted by molar-refractivity contribution is 0.323. The maximum Gasteiger partial charge on any atom is 0.228 e. The Kier molecular flexibility index (Phi) is 6.31. The Labute approximate surface area is 180 Å². The number of thiophene rings is 1. The number of halogens is 1. The summed E-state index contributed by atoms with van der Waals surface area (Å²) in [5.74, 6) is 0.326. The summed E-state index contributed by atoms with van der Waals surface area (Å²) in [4.78, 5) is 2.24. The molecule has 2 heterocycles. The first-order chi connectivity index (χ1) is 14.4. The molecule has 1 fully saturated rings. The second-order valence-electron chi connectivity index (χ2n) is 7.32. The number of ether oxygens (including phenoxy) is 1. The fourth-order valence-electron chi connectivity index (χ4n) is 3.72. The van der Waals surface area contributed by atoms with E-state index < -0.39 is 10.4 Å². The van der Waals surface area contributed by atoms with Crippen molar-refractivity contribution in [2.45, 2.75) is 23.2 Å². The van der Waals surface area contributed by atoms with E-state index in [4.69, 9.17) is 4.74 Å². The smallest absolute Gasteiger partial charge is 0.228 e. The monoisotopic (exact) mass is 446 g/mol. The van der Waals surface area contributed by atoms with Crippen molar-refractivity contribution in [1.82, 2.24) is 9.62 Å². The number of methoxy groups -OCH3 is 1. The molecule has 1 N–H and O–H groups in total. The SMILES string of the molecule is COc1ccc(F)cc1-c1ccc(CN2CCC(N[S+](=O)([O-])c3cccs3)C2)cc1. The molecule has 0 spiro atoms. The highest BCUT2D eigenvalue weighted by molar-refractivity contribution is 7.97. The van der Waals surface area contributed by atoms with E-state index in [1.165, 1.54) is 23.5 Å². The zero-order valence-corrected chi connectivity index (χ0v) is 18.2. The van der Waals surface area contributed by atoms with Gasteiger partial charge in [-0.05, 0) is 47.2 Å². The van der Waals surface area contributed by atoms with Crippen molar-refractivity contribution in [3.05, 3.63) is 71.4 Å². The number of rotatable bonds is 7. The van der Waals surface area contributed by atoms with E-state index >= 15 is 0 Å². The van der Waals surface area contributed by atoms with Gasteiger partial charge < -0.3 is 9.29 Å². The van der Waals surface area contributed by atoms with Crippen LogP contribution in [0.1, 0.15) is 12.0 Å². The van der Waals surface area contributed by atoms with Crippen LogP contribution >= 0.6 is 11.3 Å². The molecule has 0 aliphatic carbocycles. The number of benzene rings is 2. The molecule has 2 aromatic carbocycles. The Hall–Kier alpha value is -2.10. The summed E-state index contributed by atoms with van der Waals surface area (Å²) in [6, 6.07) is 15.7. The van der Waals surface area contributed by atoms with Crippen LogP contribution in [-0.2, 0) is 21.2 Å². The molecular formula is C22H23FN2O3S2. The summed E-state index contributed by atoms with van der Waals surface area (Å²) < 4.78 is 47.0. The van der Waals surface area contributed by atoms with Crippen molar-refractivity contribution < 1.29 is 17.9 Å². The van der Waals surface area contributed by atoms with E-state index in [-0.39, 0.29) is 11.9 Å². The summed E-state index contributed by atoms with van der Waals surface area (Å²) >= 11 is 1.22. The summed E-state index contributed by atoms with van der Waals surface area (Å²) in [5, 5.41) is 1.76. The quantitative estimate of drug-likeness (QED) is 0.549. The van der Waals surface area contributed by atoms with Gasteiger partial charge in [-0.2, -0.15) is 0 Å². The van der Waals surface area contributed by atoms with Crippen LogP contribution in [0.15, 0.2) is 64.2 Å². The third-order valence-electron chi connectivity index (χ3n) is 5.19. The number of sulfonamides is 1. The second kappa shape index (κ2) is 8.95. The maximum absolute atomic E-state index is 13.7. The molecule has 158 valence electrons. The number of nitrogens with zero attached hydrogens (tertiary/aromatic N) is 1. The molecule has 4 rings (SSSR count). The van der Waals surface area contributed by atoms with Gasteiger partial charge in [0.2, 0.25) is 4.21 Å². The van der Waals surface area contributed by atoms with Gasteiger partial charge in [-0.15, -0.1) is 4.72 Å². The average molecular weight is 447 g/mol. The molecule has 2 unspecified atom stereocenters. The first-order valence-corrected chi connectivity index (χ1v) is 12.0. The summed E-state index contributed by atoms with van der Waals surface area (Å²) in [6.45, 7) is 2.24. The van der Waals surface area contributed by atoms with Crippen molar-refractivity contribution in [1.29, 1.82) is 0 Å². The van der Waals surface area contributed by atoms with Crippen LogP contribution in [0.5, 0.6) is 5.75 Å². The molecular weight excluding hydrogens is 423 g/mol. The van der Waals surface area contributed by atoms with Crippen LogP contribution in [-0.4, -0.2) is 35.7 Å². The van der Waals surface area contributed by atoms with Crippen molar-refractivity contribution in [3.8, 4) is 16.9 Å². The van der Waals surface area contributed by atoms with E-state index in [2.05, 4.69) is 9.62 Å². The first kappa shape index (κ1) is 21.1. The average Bonchev–Trinajstić information content (AvgIpc) is 3.41. The number of hydrogen-bond donors (Lipinski definition) is 1. The highest BCUT2D eigenvalue weighted by Crippen LogP contribution is 2.31. The van der Waals surface area contributed by atoms with Gasteiger partial charge in [0.05, 0.1) is 13.2 Å². The van der Waals surface area contributed by atoms with E-state index in [0.717, 1.165) is 30.6 Å². The predicted molar refractivity (Wildman–Crippen MR) is 117 cm³/mol. The van der Waals surface area contributed by atoms with E-state index in [1.54, 1.807) is 30.7 Å².